The fourth-order valence-electron chi connectivity index (χ4n) is 3.77. The first-order valence-corrected chi connectivity index (χ1v) is 9.69. The highest BCUT2D eigenvalue weighted by atomic mass is 16.5. The minimum atomic E-state index is -0.276. The maximum absolute atomic E-state index is 12.8. The number of H-pyrrole nitrogens is 1. The molecule has 0 saturated heterocycles. The minimum Gasteiger partial charge on any atom is -0.462 e. The number of carbonyl (C=O) groups excluding carboxylic acids is 1. The molecule has 0 unspecified atom stereocenters. The van der Waals surface area contributed by atoms with Crippen molar-refractivity contribution < 1.29 is 9.53 Å². The average Bonchev–Trinajstić information content (AvgIpc) is 3.14. The van der Waals surface area contributed by atoms with Crippen molar-refractivity contribution in [3.05, 3.63) is 53.1 Å². The normalized spacial score (nSPS) is 12.1. The number of aromatic amines is 1. The fraction of sp³-hybridized carbons (Fsp3) is 0.348. The number of nitrogens with one attached hydrogen (secondary N) is 1. The zero-order valence-electron chi connectivity index (χ0n) is 16.6. The maximum Gasteiger partial charge on any atom is 0.342 e. The Bertz CT molecular complexity index is 1160. The highest BCUT2D eigenvalue weighted by Gasteiger charge is 2.23. The monoisotopic (exact) mass is 362 g/mol. The summed E-state index contributed by atoms with van der Waals surface area (Å²) >= 11 is 0. The Kier molecular flexibility index (Phi) is 4.22. The largest absolute Gasteiger partial charge is 0.462 e. The van der Waals surface area contributed by atoms with E-state index in [1.54, 1.807) is 0 Å². The third kappa shape index (κ3) is 2.71. The van der Waals surface area contributed by atoms with E-state index in [9.17, 15) is 4.79 Å². The topological polar surface area (TPSA) is 46.5 Å². The van der Waals surface area contributed by atoms with Gasteiger partial charge in [-0.3, -0.25) is 4.40 Å². The van der Waals surface area contributed by atoms with Gasteiger partial charge in [0.2, 0.25) is 0 Å². The number of nitrogens with zero attached hydrogens (tertiary/aromatic N) is 1. The number of carbonyl (C=O) groups is 1. The van der Waals surface area contributed by atoms with Crippen LogP contribution in [0.2, 0.25) is 0 Å². The predicted octanol–water partition coefficient (Wildman–Crippen LogP) is 6.00. The second-order valence-corrected chi connectivity index (χ2v) is 7.77. The van der Waals surface area contributed by atoms with E-state index in [1.165, 1.54) is 11.1 Å². The molecule has 4 heteroatoms. The van der Waals surface area contributed by atoms with Crippen LogP contribution in [0, 0.1) is 0 Å². The maximum atomic E-state index is 12.8. The van der Waals surface area contributed by atoms with E-state index < -0.39 is 0 Å². The van der Waals surface area contributed by atoms with Crippen LogP contribution >= 0.6 is 0 Å². The van der Waals surface area contributed by atoms with E-state index in [4.69, 9.17) is 4.74 Å². The molecule has 0 atom stereocenters. The number of ether oxygens (including phenoxy) is 1. The molecule has 2 aromatic heterocycles. The van der Waals surface area contributed by atoms with E-state index in [-0.39, 0.29) is 5.97 Å². The van der Waals surface area contributed by atoms with Crippen LogP contribution in [0.3, 0.4) is 0 Å². The molecule has 27 heavy (non-hydrogen) atoms. The Morgan fingerprint density at radius 1 is 1.00 bits per heavy atom. The van der Waals surface area contributed by atoms with Crippen LogP contribution in [0.4, 0.5) is 0 Å². The van der Waals surface area contributed by atoms with Crippen molar-refractivity contribution in [1.82, 2.24) is 9.38 Å². The molecule has 4 rings (SSSR count). The van der Waals surface area contributed by atoms with Crippen molar-refractivity contribution in [3.8, 4) is 0 Å². The van der Waals surface area contributed by atoms with Gasteiger partial charge in [-0.25, -0.2) is 4.79 Å². The first-order chi connectivity index (χ1) is 12.9. The predicted molar refractivity (Wildman–Crippen MR) is 111 cm³/mol. The van der Waals surface area contributed by atoms with E-state index in [2.05, 4.69) is 73.5 Å². The molecule has 0 saturated carbocycles. The Balaban J connectivity index is 2.13. The summed E-state index contributed by atoms with van der Waals surface area (Å²) in [5, 5.41) is 0.947. The van der Waals surface area contributed by atoms with Crippen molar-refractivity contribution >= 4 is 33.6 Å². The number of imidazole rings is 1. The minimum absolute atomic E-state index is 0.276. The number of rotatable bonds is 4. The summed E-state index contributed by atoms with van der Waals surface area (Å²) in [6.45, 7) is 10.9. The summed E-state index contributed by atoms with van der Waals surface area (Å²) < 4.78 is 7.55. The highest BCUT2D eigenvalue weighted by Crippen LogP contribution is 2.34. The van der Waals surface area contributed by atoms with Gasteiger partial charge in [-0.2, -0.15) is 0 Å². The van der Waals surface area contributed by atoms with Crippen LogP contribution in [0.5, 0.6) is 0 Å². The second-order valence-electron chi connectivity index (χ2n) is 7.77. The number of aromatic nitrogens is 2. The molecule has 2 heterocycles. The first-order valence-electron chi connectivity index (χ1n) is 9.69. The molecule has 0 bridgehead atoms. The standard InChI is InChI=1S/C23H26N2O2/c1-6-27-23(26)21-17-11-15(13(2)3)8-10-19(17)25-20-12-16(14(4)5)7-9-18(20)24-22(21)25/h7-14,24H,6H2,1-5H3. The fourth-order valence-corrected chi connectivity index (χ4v) is 3.77. The zero-order chi connectivity index (χ0) is 19.3. The third-order valence-electron chi connectivity index (χ3n) is 5.32. The van der Waals surface area contributed by atoms with Gasteiger partial charge in [0, 0.05) is 5.39 Å². The Hall–Kier alpha value is -2.75. The lowest BCUT2D eigenvalue weighted by molar-refractivity contribution is 0.0530. The van der Waals surface area contributed by atoms with Gasteiger partial charge in [0.1, 0.15) is 11.2 Å². The van der Waals surface area contributed by atoms with Crippen LogP contribution in [0.25, 0.3) is 27.6 Å². The van der Waals surface area contributed by atoms with Crippen molar-refractivity contribution in [2.24, 2.45) is 0 Å². The van der Waals surface area contributed by atoms with Crippen LogP contribution in [0.15, 0.2) is 36.4 Å². The average molecular weight is 362 g/mol. The Morgan fingerprint density at radius 2 is 1.67 bits per heavy atom. The van der Waals surface area contributed by atoms with Gasteiger partial charge in [0.25, 0.3) is 0 Å². The summed E-state index contributed by atoms with van der Waals surface area (Å²) in [6.07, 6.45) is 0. The van der Waals surface area contributed by atoms with Crippen LogP contribution in [0.1, 0.15) is 67.9 Å². The summed E-state index contributed by atoms with van der Waals surface area (Å²) in [5.74, 6) is 0.562. The van der Waals surface area contributed by atoms with E-state index >= 15 is 0 Å². The number of esters is 1. The molecule has 0 amide bonds. The molecule has 2 aromatic carbocycles. The second kappa shape index (κ2) is 6.45. The lowest BCUT2D eigenvalue weighted by atomic mass is 10.0. The van der Waals surface area contributed by atoms with Gasteiger partial charge in [0.05, 0.1) is 23.2 Å². The molecule has 0 fully saturated rings. The number of hydrogen-bond donors (Lipinski definition) is 1. The molecular formula is C23H26N2O2. The Labute approximate surface area is 159 Å². The van der Waals surface area contributed by atoms with Crippen molar-refractivity contribution in [2.75, 3.05) is 6.61 Å². The summed E-state index contributed by atoms with van der Waals surface area (Å²) in [4.78, 5) is 16.3. The van der Waals surface area contributed by atoms with Crippen molar-refractivity contribution in [1.29, 1.82) is 0 Å². The number of fused-ring (bicyclic) bond motifs is 5. The molecule has 0 radical (unpaired) electrons. The molecule has 4 aromatic rings. The van der Waals surface area contributed by atoms with Crippen LogP contribution in [-0.4, -0.2) is 22.0 Å². The van der Waals surface area contributed by atoms with Gasteiger partial charge >= 0.3 is 5.97 Å². The van der Waals surface area contributed by atoms with Gasteiger partial charge in [0.15, 0.2) is 0 Å². The molecule has 4 nitrogen and oxygen atoms in total. The zero-order valence-corrected chi connectivity index (χ0v) is 16.6. The van der Waals surface area contributed by atoms with Crippen molar-refractivity contribution in [2.45, 2.75) is 46.5 Å². The van der Waals surface area contributed by atoms with Crippen LogP contribution < -0.4 is 0 Å². The summed E-state index contributed by atoms with van der Waals surface area (Å²) in [6, 6.07) is 12.9. The summed E-state index contributed by atoms with van der Waals surface area (Å²) in [5.41, 5.74) is 7.07. The third-order valence-corrected chi connectivity index (χ3v) is 5.32. The quantitative estimate of drug-likeness (QED) is 0.453. The molecule has 0 spiro atoms. The molecule has 0 aliphatic heterocycles. The van der Waals surface area contributed by atoms with Crippen molar-refractivity contribution in [3.63, 3.8) is 0 Å². The smallest absolute Gasteiger partial charge is 0.342 e. The van der Waals surface area contributed by atoms with Gasteiger partial charge in [-0.1, -0.05) is 39.8 Å². The lowest BCUT2D eigenvalue weighted by Crippen LogP contribution is -2.04. The van der Waals surface area contributed by atoms with Crippen LogP contribution in [-0.2, 0) is 4.74 Å². The van der Waals surface area contributed by atoms with Gasteiger partial charge in [-0.05, 0) is 54.2 Å². The molecular weight excluding hydrogens is 336 g/mol. The first kappa shape index (κ1) is 17.7. The van der Waals surface area contributed by atoms with Gasteiger partial charge < -0.3 is 9.72 Å². The Morgan fingerprint density at radius 3 is 2.33 bits per heavy atom. The summed E-state index contributed by atoms with van der Waals surface area (Å²) in [7, 11) is 0. The molecule has 0 aliphatic rings. The number of hydrogen-bond acceptors (Lipinski definition) is 2. The van der Waals surface area contributed by atoms with Gasteiger partial charge in [-0.15, -0.1) is 0 Å². The highest BCUT2D eigenvalue weighted by molar-refractivity contribution is 6.13. The van der Waals surface area contributed by atoms with E-state index in [1.807, 2.05) is 6.92 Å². The number of benzene rings is 2. The van der Waals surface area contributed by atoms with E-state index in [0.717, 1.165) is 27.6 Å². The lowest BCUT2D eigenvalue weighted by Gasteiger charge is -2.07. The van der Waals surface area contributed by atoms with E-state index in [0.29, 0.717) is 24.0 Å². The molecule has 0 aliphatic carbocycles. The molecule has 1 N–H and O–H groups in total. The SMILES string of the molecule is CCOC(=O)c1c2cc(C(C)C)ccc2n2c1[nH]c1ccc(C(C)C)cc12. The molecule has 140 valence electrons.